The number of rotatable bonds is 6. The summed E-state index contributed by atoms with van der Waals surface area (Å²) in [7, 11) is 1.59. The minimum absolute atomic E-state index is 0.0256. The van der Waals surface area contributed by atoms with Crippen LogP contribution in [-0.4, -0.2) is 35.5 Å². The monoisotopic (exact) mass is 278 g/mol. The van der Waals surface area contributed by atoms with Gasteiger partial charge in [-0.1, -0.05) is 18.3 Å². The second-order valence-corrected chi connectivity index (χ2v) is 5.20. The summed E-state index contributed by atoms with van der Waals surface area (Å²) in [6, 6.07) is 7.56. The number of nitrogens with zero attached hydrogens (tertiary/aromatic N) is 1. The van der Waals surface area contributed by atoms with Crippen LogP contribution >= 0.6 is 12.2 Å². The average molecular weight is 278 g/mol. The van der Waals surface area contributed by atoms with Crippen molar-refractivity contribution in [3.05, 3.63) is 29.8 Å². The van der Waals surface area contributed by atoms with E-state index in [2.05, 4.69) is 0 Å². The lowest BCUT2D eigenvalue weighted by Gasteiger charge is -2.22. The van der Waals surface area contributed by atoms with Crippen LogP contribution in [0, 0.1) is 0 Å². The smallest absolute Gasteiger partial charge is 0.254 e. The largest absolute Gasteiger partial charge is 0.497 e. The van der Waals surface area contributed by atoms with Gasteiger partial charge in [0.2, 0.25) is 0 Å². The number of ether oxygens (including phenoxy) is 1. The Morgan fingerprint density at radius 3 is 2.84 bits per heavy atom. The van der Waals surface area contributed by atoms with Crippen LogP contribution in [0.25, 0.3) is 0 Å². The predicted octanol–water partition coefficient (Wildman–Crippen LogP) is 1.98. The summed E-state index contributed by atoms with van der Waals surface area (Å²) < 4.78 is 5.15. The number of nitrogens with two attached hydrogens (primary N) is 1. The van der Waals surface area contributed by atoms with Crippen molar-refractivity contribution in [2.45, 2.75) is 25.3 Å². The van der Waals surface area contributed by atoms with Crippen molar-refractivity contribution in [3.8, 4) is 5.75 Å². The molecule has 1 amide bonds. The highest BCUT2D eigenvalue weighted by Gasteiger charge is 2.32. The molecule has 5 heteroatoms. The number of methoxy groups -OCH3 is 1. The fourth-order valence-corrected chi connectivity index (χ4v) is 2.08. The van der Waals surface area contributed by atoms with Crippen molar-refractivity contribution < 1.29 is 9.53 Å². The molecule has 1 aliphatic rings. The molecule has 0 aromatic heterocycles. The fourth-order valence-electron chi connectivity index (χ4n) is 1.99. The molecule has 0 bridgehead atoms. The summed E-state index contributed by atoms with van der Waals surface area (Å²) in [5.41, 5.74) is 6.17. The van der Waals surface area contributed by atoms with Crippen LogP contribution < -0.4 is 10.5 Å². The Labute approximate surface area is 118 Å². The van der Waals surface area contributed by atoms with Crippen molar-refractivity contribution in [3.63, 3.8) is 0 Å². The van der Waals surface area contributed by atoms with E-state index in [1.807, 2.05) is 17.0 Å². The minimum Gasteiger partial charge on any atom is -0.497 e. The summed E-state index contributed by atoms with van der Waals surface area (Å²) in [6.45, 7) is 0.593. The Kier molecular flexibility index (Phi) is 4.37. The molecule has 19 heavy (non-hydrogen) atoms. The first-order valence-electron chi connectivity index (χ1n) is 6.35. The maximum Gasteiger partial charge on any atom is 0.254 e. The average Bonchev–Trinajstić information content (AvgIpc) is 3.23. The first-order chi connectivity index (χ1) is 9.11. The third kappa shape index (κ3) is 3.67. The first kappa shape index (κ1) is 13.8. The molecule has 0 aliphatic heterocycles. The summed E-state index contributed by atoms with van der Waals surface area (Å²) >= 11 is 4.88. The van der Waals surface area contributed by atoms with Crippen LogP contribution in [0.3, 0.4) is 0 Å². The van der Waals surface area contributed by atoms with Gasteiger partial charge < -0.3 is 15.4 Å². The number of carbonyl (C=O) groups is 1. The van der Waals surface area contributed by atoms with E-state index in [1.54, 1.807) is 19.2 Å². The highest BCUT2D eigenvalue weighted by Crippen LogP contribution is 2.29. The molecule has 2 N–H and O–H groups in total. The predicted molar refractivity (Wildman–Crippen MR) is 78.5 cm³/mol. The van der Waals surface area contributed by atoms with Crippen LogP contribution in [0.5, 0.6) is 5.75 Å². The fraction of sp³-hybridized carbons (Fsp3) is 0.429. The molecule has 1 saturated carbocycles. The molecule has 0 saturated heterocycles. The summed E-state index contributed by atoms with van der Waals surface area (Å²) in [4.78, 5) is 14.8. The van der Waals surface area contributed by atoms with E-state index < -0.39 is 0 Å². The highest BCUT2D eigenvalue weighted by atomic mass is 32.1. The van der Waals surface area contributed by atoms with Crippen LogP contribution in [0.1, 0.15) is 29.6 Å². The Balaban J connectivity index is 2.11. The minimum atomic E-state index is 0.0256. The van der Waals surface area contributed by atoms with Crippen molar-refractivity contribution in [2.24, 2.45) is 5.73 Å². The molecule has 0 spiro atoms. The zero-order valence-corrected chi connectivity index (χ0v) is 11.8. The molecular formula is C14H18N2O2S. The number of thiocarbonyl (C=S) groups is 1. The van der Waals surface area contributed by atoms with Gasteiger partial charge in [0.15, 0.2) is 0 Å². The Morgan fingerprint density at radius 1 is 1.53 bits per heavy atom. The van der Waals surface area contributed by atoms with Gasteiger partial charge in [-0.15, -0.1) is 0 Å². The van der Waals surface area contributed by atoms with Gasteiger partial charge in [0, 0.05) is 24.6 Å². The molecule has 1 aromatic carbocycles. The van der Waals surface area contributed by atoms with Crippen molar-refractivity contribution in [2.75, 3.05) is 13.7 Å². The lowest BCUT2D eigenvalue weighted by Crippen LogP contribution is -2.35. The van der Waals surface area contributed by atoms with Crippen LogP contribution in [0.2, 0.25) is 0 Å². The van der Waals surface area contributed by atoms with Gasteiger partial charge in [-0.2, -0.15) is 0 Å². The van der Waals surface area contributed by atoms with Crippen LogP contribution in [0.4, 0.5) is 0 Å². The number of amides is 1. The Hall–Kier alpha value is -1.62. The normalized spacial score (nSPS) is 13.9. The van der Waals surface area contributed by atoms with Gasteiger partial charge in [0.25, 0.3) is 5.91 Å². The maximum absolute atomic E-state index is 12.5. The topological polar surface area (TPSA) is 55.6 Å². The number of hydrogen-bond donors (Lipinski definition) is 1. The van der Waals surface area contributed by atoms with E-state index in [0.29, 0.717) is 35.3 Å². The summed E-state index contributed by atoms with van der Waals surface area (Å²) in [5, 5.41) is 0. The van der Waals surface area contributed by atoms with E-state index in [1.165, 1.54) is 0 Å². The molecule has 0 unspecified atom stereocenters. The van der Waals surface area contributed by atoms with Gasteiger partial charge in [0.05, 0.1) is 12.1 Å². The molecule has 1 fully saturated rings. The third-order valence-electron chi connectivity index (χ3n) is 3.16. The van der Waals surface area contributed by atoms with Gasteiger partial charge in [-0.05, 0) is 31.0 Å². The lowest BCUT2D eigenvalue weighted by molar-refractivity contribution is 0.0747. The molecule has 1 aliphatic carbocycles. The van der Waals surface area contributed by atoms with Crippen molar-refractivity contribution >= 4 is 23.1 Å². The summed E-state index contributed by atoms with van der Waals surface area (Å²) in [6.07, 6.45) is 2.70. The molecular weight excluding hydrogens is 260 g/mol. The second-order valence-electron chi connectivity index (χ2n) is 4.68. The van der Waals surface area contributed by atoms with E-state index in [9.17, 15) is 4.79 Å². The maximum atomic E-state index is 12.5. The number of hydrogen-bond acceptors (Lipinski definition) is 3. The van der Waals surface area contributed by atoms with Crippen molar-refractivity contribution in [1.29, 1.82) is 0 Å². The molecule has 4 nitrogen and oxygen atoms in total. The molecule has 2 rings (SSSR count). The number of benzene rings is 1. The van der Waals surface area contributed by atoms with E-state index in [4.69, 9.17) is 22.7 Å². The second kappa shape index (κ2) is 6.02. The van der Waals surface area contributed by atoms with E-state index >= 15 is 0 Å². The van der Waals surface area contributed by atoms with Crippen LogP contribution in [-0.2, 0) is 0 Å². The van der Waals surface area contributed by atoms with Crippen LogP contribution in [0.15, 0.2) is 24.3 Å². The first-order valence-corrected chi connectivity index (χ1v) is 6.76. The Morgan fingerprint density at radius 2 is 2.26 bits per heavy atom. The molecule has 102 valence electrons. The number of carbonyl (C=O) groups excluding carboxylic acids is 1. The molecule has 0 radical (unpaired) electrons. The van der Waals surface area contributed by atoms with Gasteiger partial charge >= 0.3 is 0 Å². The lowest BCUT2D eigenvalue weighted by atomic mass is 10.1. The quantitative estimate of drug-likeness (QED) is 0.808. The van der Waals surface area contributed by atoms with Crippen molar-refractivity contribution in [1.82, 2.24) is 4.90 Å². The van der Waals surface area contributed by atoms with Gasteiger partial charge in [0.1, 0.15) is 5.75 Å². The van der Waals surface area contributed by atoms with E-state index in [-0.39, 0.29) is 5.91 Å². The zero-order valence-electron chi connectivity index (χ0n) is 11.0. The highest BCUT2D eigenvalue weighted by molar-refractivity contribution is 7.80. The molecule has 1 aromatic rings. The SMILES string of the molecule is COc1cccc(C(=O)N(CCC(N)=S)C2CC2)c1. The summed E-state index contributed by atoms with van der Waals surface area (Å²) in [5.74, 6) is 0.716. The van der Waals surface area contributed by atoms with Gasteiger partial charge in [-0.25, -0.2) is 0 Å². The zero-order chi connectivity index (χ0) is 13.8. The molecule has 0 atom stereocenters. The third-order valence-corrected chi connectivity index (χ3v) is 3.37. The van der Waals surface area contributed by atoms with Gasteiger partial charge in [-0.3, -0.25) is 4.79 Å². The van der Waals surface area contributed by atoms with E-state index in [0.717, 1.165) is 12.8 Å². The molecule has 0 heterocycles. The Bertz CT molecular complexity index is 486. The standard InChI is InChI=1S/C14H18N2O2S/c1-18-12-4-2-3-10(9-12)14(17)16(11-5-6-11)8-7-13(15)19/h2-4,9,11H,5-8H2,1H3,(H2,15,19).